The lowest BCUT2D eigenvalue weighted by Crippen LogP contribution is -2.43. The standard InChI is InChI=1S/C13H24N2O3/c16-13(17)11-1-3-12(4-2-11)14-5-6-15-7-9-18-10-8-15/h11-12,14H,1-10H2,(H,16,17). The first-order chi connectivity index (χ1) is 8.75. The summed E-state index contributed by atoms with van der Waals surface area (Å²) in [5.41, 5.74) is 0. The molecule has 0 aromatic rings. The van der Waals surface area contributed by atoms with Crippen molar-refractivity contribution in [3.05, 3.63) is 0 Å². The Morgan fingerprint density at radius 1 is 1.22 bits per heavy atom. The Balaban J connectivity index is 1.56. The molecule has 0 amide bonds. The zero-order chi connectivity index (χ0) is 12.8. The molecule has 1 saturated heterocycles. The van der Waals surface area contributed by atoms with Crippen molar-refractivity contribution in [2.45, 2.75) is 31.7 Å². The van der Waals surface area contributed by atoms with Gasteiger partial charge in [0, 0.05) is 32.2 Å². The molecule has 0 bridgehead atoms. The third-order valence-corrected chi connectivity index (χ3v) is 4.04. The fraction of sp³-hybridized carbons (Fsp3) is 0.923. The molecule has 5 nitrogen and oxygen atoms in total. The van der Waals surface area contributed by atoms with Gasteiger partial charge < -0.3 is 15.2 Å². The number of nitrogens with one attached hydrogen (secondary N) is 1. The molecule has 0 aromatic carbocycles. The van der Waals surface area contributed by atoms with E-state index in [1.807, 2.05) is 0 Å². The van der Waals surface area contributed by atoms with Crippen LogP contribution in [0.1, 0.15) is 25.7 Å². The summed E-state index contributed by atoms with van der Waals surface area (Å²) in [6.45, 7) is 5.85. The number of ether oxygens (including phenoxy) is 1. The summed E-state index contributed by atoms with van der Waals surface area (Å²) in [5, 5.41) is 12.5. The van der Waals surface area contributed by atoms with E-state index in [1.165, 1.54) is 0 Å². The Bertz CT molecular complexity index is 259. The number of carboxylic acids is 1. The highest BCUT2D eigenvalue weighted by molar-refractivity contribution is 5.70. The van der Waals surface area contributed by atoms with Crippen molar-refractivity contribution in [2.75, 3.05) is 39.4 Å². The molecule has 0 atom stereocenters. The molecule has 0 unspecified atom stereocenters. The molecule has 2 N–H and O–H groups in total. The smallest absolute Gasteiger partial charge is 0.306 e. The van der Waals surface area contributed by atoms with Crippen LogP contribution in [-0.4, -0.2) is 61.4 Å². The summed E-state index contributed by atoms with van der Waals surface area (Å²) in [6.07, 6.45) is 3.65. The van der Waals surface area contributed by atoms with Gasteiger partial charge in [-0.05, 0) is 25.7 Å². The minimum absolute atomic E-state index is 0.109. The molecule has 18 heavy (non-hydrogen) atoms. The number of morpholine rings is 1. The Morgan fingerprint density at radius 2 is 1.89 bits per heavy atom. The fourth-order valence-electron chi connectivity index (χ4n) is 2.80. The van der Waals surface area contributed by atoms with Crippen LogP contribution in [0.15, 0.2) is 0 Å². The fourth-order valence-corrected chi connectivity index (χ4v) is 2.80. The van der Waals surface area contributed by atoms with Crippen LogP contribution >= 0.6 is 0 Å². The normalized spacial score (nSPS) is 30.2. The van der Waals surface area contributed by atoms with E-state index in [0.29, 0.717) is 6.04 Å². The van der Waals surface area contributed by atoms with Gasteiger partial charge in [-0.2, -0.15) is 0 Å². The Labute approximate surface area is 108 Å². The number of hydrogen-bond acceptors (Lipinski definition) is 4. The van der Waals surface area contributed by atoms with E-state index in [9.17, 15) is 4.79 Å². The minimum atomic E-state index is -0.623. The van der Waals surface area contributed by atoms with Crippen molar-refractivity contribution in [1.82, 2.24) is 10.2 Å². The number of carbonyl (C=O) groups is 1. The summed E-state index contributed by atoms with van der Waals surface area (Å²) in [7, 11) is 0. The molecular formula is C13H24N2O3. The molecule has 2 fully saturated rings. The van der Waals surface area contributed by atoms with Gasteiger partial charge in [-0.15, -0.1) is 0 Å². The minimum Gasteiger partial charge on any atom is -0.481 e. The zero-order valence-electron chi connectivity index (χ0n) is 10.9. The van der Waals surface area contributed by atoms with Crippen LogP contribution in [0.25, 0.3) is 0 Å². The van der Waals surface area contributed by atoms with E-state index in [1.54, 1.807) is 0 Å². The summed E-state index contributed by atoms with van der Waals surface area (Å²) >= 11 is 0. The number of carboxylic acid groups (broad SMARTS) is 1. The maximum atomic E-state index is 10.8. The average Bonchev–Trinajstić information content (AvgIpc) is 2.40. The van der Waals surface area contributed by atoms with Crippen LogP contribution in [0.2, 0.25) is 0 Å². The molecular weight excluding hydrogens is 232 g/mol. The van der Waals surface area contributed by atoms with E-state index >= 15 is 0 Å². The number of nitrogens with zero attached hydrogens (tertiary/aromatic N) is 1. The van der Waals surface area contributed by atoms with Crippen molar-refractivity contribution >= 4 is 5.97 Å². The number of hydrogen-bond donors (Lipinski definition) is 2. The molecule has 0 aromatic heterocycles. The van der Waals surface area contributed by atoms with Gasteiger partial charge in [0.15, 0.2) is 0 Å². The lowest BCUT2D eigenvalue weighted by molar-refractivity contribution is -0.142. The van der Waals surface area contributed by atoms with E-state index in [2.05, 4.69) is 10.2 Å². The van der Waals surface area contributed by atoms with Gasteiger partial charge in [-0.3, -0.25) is 9.69 Å². The highest BCUT2D eigenvalue weighted by atomic mass is 16.5. The van der Waals surface area contributed by atoms with Gasteiger partial charge in [0.25, 0.3) is 0 Å². The molecule has 1 aliphatic carbocycles. The highest BCUT2D eigenvalue weighted by Crippen LogP contribution is 2.24. The van der Waals surface area contributed by atoms with Crippen LogP contribution in [0.4, 0.5) is 0 Å². The first kappa shape index (κ1) is 13.8. The van der Waals surface area contributed by atoms with Gasteiger partial charge in [-0.25, -0.2) is 0 Å². The maximum Gasteiger partial charge on any atom is 0.306 e. The molecule has 1 heterocycles. The largest absolute Gasteiger partial charge is 0.481 e. The Hall–Kier alpha value is -0.650. The van der Waals surface area contributed by atoms with E-state index < -0.39 is 5.97 Å². The Morgan fingerprint density at radius 3 is 2.50 bits per heavy atom. The first-order valence-corrected chi connectivity index (χ1v) is 7.02. The van der Waals surface area contributed by atoms with Crippen molar-refractivity contribution in [3.63, 3.8) is 0 Å². The molecule has 1 aliphatic heterocycles. The molecule has 104 valence electrons. The van der Waals surface area contributed by atoms with Crippen LogP contribution in [-0.2, 0) is 9.53 Å². The predicted octanol–water partition coefficient (Wildman–Crippen LogP) is 0.552. The second kappa shape index (κ2) is 7.07. The zero-order valence-corrected chi connectivity index (χ0v) is 10.9. The van der Waals surface area contributed by atoms with E-state index in [4.69, 9.17) is 9.84 Å². The highest BCUT2D eigenvalue weighted by Gasteiger charge is 2.25. The molecule has 2 rings (SSSR count). The molecule has 5 heteroatoms. The van der Waals surface area contributed by atoms with Crippen molar-refractivity contribution in [2.24, 2.45) is 5.92 Å². The summed E-state index contributed by atoms with van der Waals surface area (Å²) < 4.78 is 5.31. The summed E-state index contributed by atoms with van der Waals surface area (Å²) in [4.78, 5) is 13.3. The number of rotatable bonds is 5. The van der Waals surface area contributed by atoms with Gasteiger partial charge >= 0.3 is 5.97 Å². The third kappa shape index (κ3) is 4.23. The number of aliphatic carboxylic acids is 1. The quantitative estimate of drug-likeness (QED) is 0.752. The van der Waals surface area contributed by atoms with Crippen molar-refractivity contribution in [3.8, 4) is 0 Å². The second-order valence-corrected chi connectivity index (χ2v) is 5.29. The molecule has 0 radical (unpaired) electrons. The van der Waals surface area contributed by atoms with Crippen molar-refractivity contribution in [1.29, 1.82) is 0 Å². The van der Waals surface area contributed by atoms with Gasteiger partial charge in [0.2, 0.25) is 0 Å². The Kier molecular flexibility index (Phi) is 5.41. The lowest BCUT2D eigenvalue weighted by Gasteiger charge is -2.30. The van der Waals surface area contributed by atoms with E-state index in [-0.39, 0.29) is 5.92 Å². The molecule has 1 saturated carbocycles. The summed E-state index contributed by atoms with van der Waals surface area (Å²) in [5.74, 6) is -0.732. The van der Waals surface area contributed by atoms with Crippen LogP contribution in [0.5, 0.6) is 0 Å². The van der Waals surface area contributed by atoms with Crippen LogP contribution < -0.4 is 5.32 Å². The second-order valence-electron chi connectivity index (χ2n) is 5.29. The maximum absolute atomic E-state index is 10.8. The molecule has 0 spiro atoms. The van der Waals surface area contributed by atoms with Gasteiger partial charge in [0.1, 0.15) is 0 Å². The monoisotopic (exact) mass is 256 g/mol. The van der Waals surface area contributed by atoms with Crippen LogP contribution in [0.3, 0.4) is 0 Å². The summed E-state index contributed by atoms with van der Waals surface area (Å²) in [6, 6.07) is 0.515. The lowest BCUT2D eigenvalue weighted by atomic mass is 9.86. The average molecular weight is 256 g/mol. The van der Waals surface area contributed by atoms with E-state index in [0.717, 1.165) is 65.1 Å². The SMILES string of the molecule is O=C(O)C1CCC(NCCN2CCOCC2)CC1. The van der Waals surface area contributed by atoms with Gasteiger partial charge in [-0.1, -0.05) is 0 Å². The third-order valence-electron chi connectivity index (χ3n) is 4.04. The van der Waals surface area contributed by atoms with Crippen LogP contribution in [0, 0.1) is 5.92 Å². The van der Waals surface area contributed by atoms with Crippen molar-refractivity contribution < 1.29 is 14.6 Å². The topological polar surface area (TPSA) is 61.8 Å². The predicted molar refractivity (Wildman–Crippen MR) is 68.6 cm³/mol. The molecule has 2 aliphatic rings. The first-order valence-electron chi connectivity index (χ1n) is 7.02. The van der Waals surface area contributed by atoms with Gasteiger partial charge in [0.05, 0.1) is 19.1 Å².